The second-order valence-corrected chi connectivity index (χ2v) is 7.03. The SMILES string of the molecule is CN(Cc1cccs1)C(=O)CSc1ncc(C(F)(F)F)cc1Cl. The van der Waals surface area contributed by atoms with Gasteiger partial charge in [0.1, 0.15) is 5.03 Å². The molecule has 2 rings (SSSR count). The van der Waals surface area contributed by atoms with Crippen LogP contribution in [0.2, 0.25) is 5.02 Å². The smallest absolute Gasteiger partial charge is 0.340 e. The van der Waals surface area contributed by atoms with Crippen LogP contribution in [0.5, 0.6) is 0 Å². The largest absolute Gasteiger partial charge is 0.417 e. The van der Waals surface area contributed by atoms with Crippen LogP contribution in [-0.2, 0) is 17.5 Å². The van der Waals surface area contributed by atoms with Crippen LogP contribution in [-0.4, -0.2) is 28.6 Å². The number of hydrogen-bond acceptors (Lipinski definition) is 4. The first kappa shape index (κ1) is 18.1. The molecule has 23 heavy (non-hydrogen) atoms. The molecule has 9 heteroatoms. The summed E-state index contributed by atoms with van der Waals surface area (Å²) in [5.74, 6) is -0.0962. The van der Waals surface area contributed by atoms with Gasteiger partial charge in [0.15, 0.2) is 0 Å². The number of carbonyl (C=O) groups excluding carboxylic acids is 1. The Morgan fingerprint density at radius 3 is 2.78 bits per heavy atom. The third kappa shape index (κ3) is 5.12. The molecule has 0 saturated carbocycles. The minimum absolute atomic E-state index is 0.0555. The number of thiophene rings is 1. The lowest BCUT2D eigenvalue weighted by molar-refractivity contribution is -0.137. The Morgan fingerprint density at radius 2 is 2.22 bits per heavy atom. The van der Waals surface area contributed by atoms with E-state index < -0.39 is 11.7 Å². The fourth-order valence-corrected chi connectivity index (χ4v) is 3.54. The monoisotopic (exact) mass is 380 g/mol. The van der Waals surface area contributed by atoms with Gasteiger partial charge in [0, 0.05) is 18.1 Å². The standard InChI is InChI=1S/C14H12ClF3N2OS2/c1-20(7-10-3-2-4-22-10)12(21)8-23-13-11(15)5-9(6-19-13)14(16,17)18/h2-6H,7-8H2,1H3. The third-order valence-corrected chi connectivity index (χ3v) is 5.12. The molecular formula is C14H12ClF3N2OS2. The van der Waals surface area contributed by atoms with Gasteiger partial charge in [-0.3, -0.25) is 4.79 Å². The first-order valence-corrected chi connectivity index (χ1v) is 8.63. The summed E-state index contributed by atoms with van der Waals surface area (Å²) in [6.07, 6.45) is -3.77. The van der Waals surface area contributed by atoms with Crippen molar-refractivity contribution in [1.82, 2.24) is 9.88 Å². The van der Waals surface area contributed by atoms with E-state index in [2.05, 4.69) is 4.98 Å². The van der Waals surface area contributed by atoms with E-state index in [1.54, 1.807) is 23.3 Å². The van der Waals surface area contributed by atoms with Crippen LogP contribution >= 0.6 is 34.7 Å². The van der Waals surface area contributed by atoms with Crippen LogP contribution in [0.4, 0.5) is 13.2 Å². The van der Waals surface area contributed by atoms with Gasteiger partial charge in [-0.2, -0.15) is 13.2 Å². The van der Waals surface area contributed by atoms with Crippen LogP contribution in [0.1, 0.15) is 10.4 Å². The Bertz CT molecular complexity index is 677. The van der Waals surface area contributed by atoms with E-state index in [-0.39, 0.29) is 21.7 Å². The number of nitrogens with zero attached hydrogens (tertiary/aromatic N) is 2. The number of halogens is 4. The fraction of sp³-hybridized carbons (Fsp3) is 0.286. The first-order valence-electron chi connectivity index (χ1n) is 6.39. The Kier molecular flexibility index (Phi) is 5.94. The van der Waals surface area contributed by atoms with E-state index >= 15 is 0 Å². The number of pyridine rings is 1. The zero-order chi connectivity index (χ0) is 17.0. The van der Waals surface area contributed by atoms with Crippen LogP contribution < -0.4 is 0 Å². The van der Waals surface area contributed by atoms with E-state index in [4.69, 9.17) is 11.6 Å². The fourth-order valence-electron chi connectivity index (χ4n) is 1.65. The highest BCUT2D eigenvalue weighted by atomic mass is 35.5. The number of hydrogen-bond donors (Lipinski definition) is 0. The van der Waals surface area contributed by atoms with E-state index in [1.165, 1.54) is 0 Å². The molecule has 0 unspecified atom stereocenters. The average Bonchev–Trinajstić information content (AvgIpc) is 2.97. The summed E-state index contributed by atoms with van der Waals surface area (Å²) in [7, 11) is 1.67. The van der Waals surface area contributed by atoms with E-state index in [9.17, 15) is 18.0 Å². The van der Waals surface area contributed by atoms with Crippen molar-refractivity contribution in [2.45, 2.75) is 17.7 Å². The molecule has 0 radical (unpaired) electrons. The van der Waals surface area contributed by atoms with Crippen molar-refractivity contribution in [3.05, 3.63) is 45.2 Å². The highest BCUT2D eigenvalue weighted by molar-refractivity contribution is 8.00. The number of alkyl halides is 3. The molecule has 0 saturated heterocycles. The number of aromatic nitrogens is 1. The summed E-state index contributed by atoms with van der Waals surface area (Å²) in [5, 5.41) is 2.02. The van der Waals surface area contributed by atoms with Crippen molar-refractivity contribution in [3.8, 4) is 0 Å². The van der Waals surface area contributed by atoms with Gasteiger partial charge in [0.2, 0.25) is 5.91 Å². The quantitative estimate of drug-likeness (QED) is 0.712. The average molecular weight is 381 g/mol. The summed E-state index contributed by atoms with van der Waals surface area (Å²) >= 11 is 8.37. The molecule has 0 atom stereocenters. The van der Waals surface area contributed by atoms with Gasteiger partial charge >= 0.3 is 6.18 Å². The Hall–Kier alpha value is -1.25. The Labute approximate surface area is 144 Å². The zero-order valence-corrected chi connectivity index (χ0v) is 14.3. The van der Waals surface area contributed by atoms with Crippen molar-refractivity contribution in [3.63, 3.8) is 0 Å². The second-order valence-electron chi connectivity index (χ2n) is 4.63. The van der Waals surface area contributed by atoms with Gasteiger partial charge in [0.25, 0.3) is 0 Å². The number of rotatable bonds is 5. The maximum absolute atomic E-state index is 12.5. The third-order valence-electron chi connectivity index (χ3n) is 2.87. The lowest BCUT2D eigenvalue weighted by Crippen LogP contribution is -2.27. The number of amides is 1. The lowest BCUT2D eigenvalue weighted by atomic mass is 10.3. The number of carbonyl (C=O) groups is 1. The lowest BCUT2D eigenvalue weighted by Gasteiger charge is -2.16. The van der Waals surface area contributed by atoms with Crippen LogP contribution in [0.3, 0.4) is 0 Å². The summed E-state index contributed by atoms with van der Waals surface area (Å²) in [4.78, 5) is 18.3. The molecular weight excluding hydrogens is 369 g/mol. The Morgan fingerprint density at radius 1 is 1.48 bits per heavy atom. The molecule has 2 aromatic rings. The first-order chi connectivity index (χ1) is 10.8. The minimum atomic E-state index is -4.49. The van der Waals surface area contributed by atoms with Crippen molar-refractivity contribution in [2.75, 3.05) is 12.8 Å². The van der Waals surface area contributed by atoms with E-state index in [0.29, 0.717) is 12.7 Å². The van der Waals surface area contributed by atoms with Crippen LogP contribution in [0, 0.1) is 0 Å². The maximum atomic E-state index is 12.5. The molecule has 124 valence electrons. The van der Waals surface area contributed by atoms with Crippen molar-refractivity contribution in [2.24, 2.45) is 0 Å². The summed E-state index contributed by atoms with van der Waals surface area (Å²) in [6, 6.07) is 4.64. The molecule has 0 bridgehead atoms. The highest BCUT2D eigenvalue weighted by Gasteiger charge is 2.31. The molecule has 0 aliphatic heterocycles. The van der Waals surface area contributed by atoms with E-state index in [0.717, 1.165) is 22.7 Å². The zero-order valence-electron chi connectivity index (χ0n) is 11.9. The molecule has 1 amide bonds. The molecule has 0 aromatic carbocycles. The molecule has 0 spiro atoms. The van der Waals surface area contributed by atoms with Gasteiger partial charge in [-0.1, -0.05) is 29.4 Å². The van der Waals surface area contributed by atoms with Gasteiger partial charge in [-0.25, -0.2) is 4.98 Å². The number of thioether (sulfide) groups is 1. The van der Waals surface area contributed by atoms with Gasteiger partial charge in [-0.15, -0.1) is 11.3 Å². The molecule has 0 aliphatic rings. The van der Waals surface area contributed by atoms with Crippen molar-refractivity contribution >= 4 is 40.6 Å². The van der Waals surface area contributed by atoms with Crippen LogP contribution in [0.15, 0.2) is 34.8 Å². The molecule has 3 nitrogen and oxygen atoms in total. The molecule has 0 aliphatic carbocycles. The van der Waals surface area contributed by atoms with Crippen LogP contribution in [0.25, 0.3) is 0 Å². The topological polar surface area (TPSA) is 33.2 Å². The molecule has 0 fully saturated rings. The maximum Gasteiger partial charge on any atom is 0.417 e. The second kappa shape index (κ2) is 7.55. The van der Waals surface area contributed by atoms with E-state index in [1.807, 2.05) is 17.5 Å². The summed E-state index contributed by atoms with van der Waals surface area (Å²) < 4.78 is 37.6. The molecule has 0 N–H and O–H groups in total. The highest BCUT2D eigenvalue weighted by Crippen LogP contribution is 2.33. The normalized spacial score (nSPS) is 11.5. The minimum Gasteiger partial charge on any atom is -0.340 e. The van der Waals surface area contributed by atoms with Crippen molar-refractivity contribution < 1.29 is 18.0 Å². The summed E-state index contributed by atoms with van der Waals surface area (Å²) in [5.41, 5.74) is -0.909. The van der Waals surface area contributed by atoms with Gasteiger partial charge in [-0.05, 0) is 17.5 Å². The predicted octanol–water partition coefficient (Wildman–Crippen LogP) is 4.57. The van der Waals surface area contributed by atoms with Gasteiger partial charge in [0.05, 0.1) is 22.9 Å². The molecule has 2 heterocycles. The Balaban J connectivity index is 1.93. The molecule has 2 aromatic heterocycles. The van der Waals surface area contributed by atoms with Gasteiger partial charge < -0.3 is 4.90 Å². The van der Waals surface area contributed by atoms with Crippen molar-refractivity contribution in [1.29, 1.82) is 0 Å². The summed E-state index contributed by atoms with van der Waals surface area (Å²) in [6.45, 7) is 0.491. The predicted molar refractivity (Wildman–Crippen MR) is 85.8 cm³/mol.